The summed E-state index contributed by atoms with van der Waals surface area (Å²) in [5.41, 5.74) is 6.41. The normalized spacial score (nSPS) is 11.4. The molecule has 0 fully saturated rings. The van der Waals surface area contributed by atoms with Gasteiger partial charge in [-0.25, -0.2) is 8.97 Å². The fourth-order valence-corrected chi connectivity index (χ4v) is 5.46. The number of rotatable bonds is 5. The Hall–Kier alpha value is -4.08. The van der Waals surface area contributed by atoms with Gasteiger partial charge in [-0.05, 0) is 53.4 Å². The zero-order valence-electron chi connectivity index (χ0n) is 19.9. The molecule has 3 nitrogen and oxygen atoms in total. The van der Waals surface area contributed by atoms with Crippen molar-refractivity contribution in [2.75, 3.05) is 0 Å². The number of hydrogen-bond acceptors (Lipinski definition) is 0. The van der Waals surface area contributed by atoms with Crippen molar-refractivity contribution in [1.82, 2.24) is 9.13 Å². The van der Waals surface area contributed by atoms with Crippen molar-refractivity contribution in [1.29, 1.82) is 0 Å². The van der Waals surface area contributed by atoms with Gasteiger partial charge in [-0.1, -0.05) is 78.9 Å². The van der Waals surface area contributed by atoms with Gasteiger partial charge in [0.05, 0.1) is 6.20 Å². The van der Waals surface area contributed by atoms with Gasteiger partial charge in [0.1, 0.15) is 17.4 Å². The molecule has 0 aliphatic rings. The monoisotopic (exact) mass is 487 g/mol. The molecule has 0 aliphatic carbocycles. The van der Waals surface area contributed by atoms with Crippen LogP contribution in [0.25, 0.3) is 43.8 Å². The summed E-state index contributed by atoms with van der Waals surface area (Å²) in [6.07, 6.45) is 8.83. The minimum atomic E-state index is 0. The van der Waals surface area contributed by atoms with Gasteiger partial charge in [0, 0.05) is 22.8 Å². The maximum Gasteiger partial charge on any atom is 0.254 e. The maximum absolute atomic E-state index is 2.52. The Labute approximate surface area is 216 Å². The summed E-state index contributed by atoms with van der Waals surface area (Å²) in [7, 11) is 0. The fraction of sp³-hybridized carbons (Fsp3) is 0.0938. The van der Waals surface area contributed by atoms with E-state index in [0.717, 1.165) is 19.4 Å². The predicted molar refractivity (Wildman–Crippen MR) is 144 cm³/mol. The van der Waals surface area contributed by atoms with Crippen LogP contribution >= 0.6 is 0 Å². The first-order valence-electron chi connectivity index (χ1n) is 12.3. The molecular formula is C32H26ClN3. The highest BCUT2D eigenvalue weighted by molar-refractivity contribution is 6.11. The second-order valence-corrected chi connectivity index (χ2v) is 9.31. The van der Waals surface area contributed by atoms with Crippen molar-refractivity contribution < 1.29 is 16.8 Å². The topological polar surface area (TPSA) is 14.0 Å². The minimum Gasteiger partial charge on any atom is -1.00 e. The lowest BCUT2D eigenvalue weighted by molar-refractivity contribution is -0.510. The van der Waals surface area contributed by atoms with Crippen molar-refractivity contribution >= 4 is 38.1 Å². The number of aryl methyl sites for hydroxylation is 2. The van der Waals surface area contributed by atoms with E-state index < -0.39 is 0 Å². The highest BCUT2D eigenvalue weighted by Gasteiger charge is 2.19. The Balaban J connectivity index is 0.00000240. The first kappa shape index (κ1) is 22.4. The van der Waals surface area contributed by atoms with Crippen LogP contribution in [0.15, 0.2) is 122 Å². The molecule has 36 heavy (non-hydrogen) atoms. The van der Waals surface area contributed by atoms with E-state index in [2.05, 4.69) is 135 Å². The fourth-order valence-electron chi connectivity index (χ4n) is 5.46. The lowest BCUT2D eigenvalue weighted by atomic mass is 10.1. The maximum atomic E-state index is 2.52. The minimum absolute atomic E-state index is 0. The second-order valence-electron chi connectivity index (χ2n) is 9.31. The van der Waals surface area contributed by atoms with Gasteiger partial charge in [0.2, 0.25) is 0 Å². The molecule has 0 bridgehead atoms. The zero-order valence-corrected chi connectivity index (χ0v) is 20.6. The molecular weight excluding hydrogens is 462 g/mol. The lowest BCUT2D eigenvalue weighted by Gasteiger charge is -2.07. The number of halogens is 1. The third kappa shape index (κ3) is 3.73. The molecule has 7 aromatic rings. The number of imidazole rings is 1. The third-order valence-corrected chi connectivity index (χ3v) is 7.16. The molecule has 0 saturated heterocycles. The molecule has 0 atom stereocenters. The lowest BCUT2D eigenvalue weighted by Crippen LogP contribution is -3.00. The van der Waals surface area contributed by atoms with Crippen LogP contribution in [-0.2, 0) is 13.0 Å². The highest BCUT2D eigenvalue weighted by Crippen LogP contribution is 2.31. The first-order valence-corrected chi connectivity index (χ1v) is 12.3. The Kier molecular flexibility index (Phi) is 5.71. The quantitative estimate of drug-likeness (QED) is 0.324. The second kappa shape index (κ2) is 9.18. The third-order valence-electron chi connectivity index (χ3n) is 7.16. The average Bonchev–Trinajstić information content (AvgIpc) is 3.49. The van der Waals surface area contributed by atoms with Gasteiger partial charge < -0.3 is 17.0 Å². The summed E-state index contributed by atoms with van der Waals surface area (Å²) >= 11 is 0. The van der Waals surface area contributed by atoms with Gasteiger partial charge in [0.25, 0.3) is 6.33 Å². The smallest absolute Gasteiger partial charge is 0.254 e. The highest BCUT2D eigenvalue weighted by atomic mass is 35.5. The van der Waals surface area contributed by atoms with Crippen LogP contribution < -0.4 is 16.8 Å². The molecule has 3 aromatic heterocycles. The zero-order chi connectivity index (χ0) is 23.2. The summed E-state index contributed by atoms with van der Waals surface area (Å²) in [5.74, 6) is 0. The number of aromatic nitrogens is 3. The van der Waals surface area contributed by atoms with Gasteiger partial charge in [-0.3, -0.25) is 0 Å². The van der Waals surface area contributed by atoms with Crippen LogP contribution in [0.3, 0.4) is 0 Å². The number of pyridine rings is 1. The molecule has 0 amide bonds. The molecule has 0 aliphatic heterocycles. The summed E-state index contributed by atoms with van der Waals surface area (Å²) < 4.78 is 7.02. The number of benzene rings is 4. The number of fused-ring (bicyclic) bond motifs is 6. The van der Waals surface area contributed by atoms with Crippen LogP contribution in [0, 0.1) is 0 Å². The van der Waals surface area contributed by atoms with Crippen molar-refractivity contribution in [3.63, 3.8) is 0 Å². The molecule has 4 aromatic carbocycles. The van der Waals surface area contributed by atoms with Crippen LogP contribution in [0.5, 0.6) is 0 Å². The van der Waals surface area contributed by atoms with Crippen molar-refractivity contribution in [3.05, 3.63) is 127 Å². The molecule has 7 rings (SSSR count). The van der Waals surface area contributed by atoms with E-state index in [1.807, 2.05) is 0 Å². The molecule has 176 valence electrons. The molecule has 0 unspecified atom stereocenters. The molecule has 0 saturated carbocycles. The van der Waals surface area contributed by atoms with E-state index in [4.69, 9.17) is 0 Å². The average molecular weight is 488 g/mol. The summed E-state index contributed by atoms with van der Waals surface area (Å²) in [5, 5.41) is 5.16. The van der Waals surface area contributed by atoms with E-state index in [0.29, 0.717) is 0 Å². The Morgan fingerprint density at radius 3 is 2.36 bits per heavy atom. The Morgan fingerprint density at radius 2 is 1.47 bits per heavy atom. The van der Waals surface area contributed by atoms with Gasteiger partial charge in [-0.15, -0.1) is 0 Å². The van der Waals surface area contributed by atoms with Crippen LogP contribution in [0.1, 0.15) is 12.0 Å². The van der Waals surface area contributed by atoms with E-state index in [9.17, 15) is 0 Å². The molecule has 4 heteroatoms. The largest absolute Gasteiger partial charge is 1.00 e. The number of nitrogens with zero attached hydrogens (tertiary/aromatic N) is 3. The van der Waals surface area contributed by atoms with Crippen molar-refractivity contribution in [3.8, 4) is 5.69 Å². The predicted octanol–water partition coefficient (Wildman–Crippen LogP) is 4.11. The summed E-state index contributed by atoms with van der Waals surface area (Å²) in [6, 6.07) is 37.1. The van der Waals surface area contributed by atoms with E-state index >= 15 is 0 Å². The Morgan fingerprint density at radius 1 is 0.694 bits per heavy atom. The van der Waals surface area contributed by atoms with Gasteiger partial charge in [-0.2, -0.15) is 0 Å². The van der Waals surface area contributed by atoms with E-state index in [1.165, 1.54) is 49.3 Å². The number of hydrogen-bond donors (Lipinski definition) is 0. The summed E-state index contributed by atoms with van der Waals surface area (Å²) in [4.78, 5) is 0. The van der Waals surface area contributed by atoms with Crippen LogP contribution in [0.2, 0.25) is 0 Å². The van der Waals surface area contributed by atoms with Crippen LogP contribution in [-0.4, -0.2) is 9.13 Å². The molecule has 3 heterocycles. The van der Waals surface area contributed by atoms with Gasteiger partial charge >= 0.3 is 0 Å². The number of para-hydroxylation sites is 1. The molecule has 0 radical (unpaired) electrons. The van der Waals surface area contributed by atoms with Crippen molar-refractivity contribution in [2.24, 2.45) is 0 Å². The standard InChI is InChI=1S/C32H26N3.ClH/c1-2-9-24(10-3-1)11-8-19-35-30-15-7-6-14-28(30)29-18-20-33-23-34(22-31(33)32(29)35)27-17-16-25-12-4-5-13-26(25)21-27;/h1-7,9-10,12-18,20-23H,8,11,19H2;1H/q+1;/p-1. The van der Waals surface area contributed by atoms with E-state index in [1.54, 1.807) is 0 Å². The van der Waals surface area contributed by atoms with Crippen LogP contribution in [0.4, 0.5) is 0 Å². The molecule has 0 N–H and O–H groups in total. The van der Waals surface area contributed by atoms with Crippen molar-refractivity contribution in [2.45, 2.75) is 19.4 Å². The Bertz CT molecular complexity index is 1830. The molecule has 0 spiro atoms. The van der Waals surface area contributed by atoms with Gasteiger partial charge in [0.15, 0.2) is 5.52 Å². The first-order chi connectivity index (χ1) is 17.3. The summed E-state index contributed by atoms with van der Waals surface area (Å²) in [6.45, 7) is 0.986. The SMILES string of the molecule is [Cl-].c1ccc(CCCn2c3ccccc3c3cc[n+]4cn(-c5ccc6ccccc6c5)cc4c32)cc1. The van der Waals surface area contributed by atoms with E-state index in [-0.39, 0.29) is 12.4 Å².